The molecule has 0 saturated heterocycles. The highest BCUT2D eigenvalue weighted by Gasteiger charge is 2.06. The van der Waals surface area contributed by atoms with Crippen molar-refractivity contribution >= 4 is 32.1 Å². The van der Waals surface area contributed by atoms with E-state index in [-0.39, 0.29) is 0 Å². The number of hydrogen-bond acceptors (Lipinski definition) is 5. The Kier molecular flexibility index (Phi) is 3.31. The van der Waals surface area contributed by atoms with Crippen molar-refractivity contribution in [2.45, 2.75) is 4.90 Å². The summed E-state index contributed by atoms with van der Waals surface area (Å²) in [5, 5.41) is 5.15. The molecule has 0 atom stereocenters. The molecule has 3 aromatic rings. The Morgan fingerprint density at radius 3 is 2.48 bits per heavy atom. The number of anilines is 2. The van der Waals surface area contributed by atoms with Gasteiger partial charge in [-0.1, -0.05) is 0 Å². The van der Waals surface area contributed by atoms with Crippen LogP contribution in [0.1, 0.15) is 0 Å². The summed E-state index contributed by atoms with van der Waals surface area (Å²) in [6.45, 7) is 0. The smallest absolute Gasteiger partial charge is 0.175 e. The fraction of sp³-hybridized carbons (Fsp3) is 0.0667. The van der Waals surface area contributed by atoms with Crippen LogP contribution in [0, 0.1) is 0 Å². The highest BCUT2D eigenvalue weighted by molar-refractivity contribution is 7.90. The zero-order valence-corrected chi connectivity index (χ0v) is 12.1. The van der Waals surface area contributed by atoms with Crippen molar-refractivity contribution < 1.29 is 8.42 Å². The van der Waals surface area contributed by atoms with Crippen LogP contribution in [0.4, 0.5) is 11.5 Å². The molecular formula is C15H13N3O2S. The van der Waals surface area contributed by atoms with E-state index in [1.807, 2.05) is 12.1 Å². The van der Waals surface area contributed by atoms with Crippen LogP contribution in [-0.4, -0.2) is 24.6 Å². The van der Waals surface area contributed by atoms with E-state index in [2.05, 4.69) is 15.3 Å². The Balaban J connectivity index is 1.88. The molecule has 3 rings (SSSR count). The molecule has 0 bridgehead atoms. The van der Waals surface area contributed by atoms with Gasteiger partial charge in [-0.25, -0.2) is 13.4 Å². The van der Waals surface area contributed by atoms with Gasteiger partial charge in [-0.2, -0.15) is 0 Å². The fourth-order valence-corrected chi connectivity index (χ4v) is 2.61. The van der Waals surface area contributed by atoms with E-state index in [4.69, 9.17) is 0 Å². The molecular weight excluding hydrogens is 286 g/mol. The molecule has 106 valence electrons. The summed E-state index contributed by atoms with van der Waals surface area (Å²) in [5.41, 5.74) is 0.776. The Labute approximate surface area is 122 Å². The molecule has 5 nitrogen and oxygen atoms in total. The summed E-state index contributed by atoms with van der Waals surface area (Å²) in [6, 6.07) is 10.4. The number of nitrogens with one attached hydrogen (secondary N) is 1. The zero-order chi connectivity index (χ0) is 14.9. The molecule has 0 amide bonds. The normalized spacial score (nSPS) is 11.5. The predicted molar refractivity (Wildman–Crippen MR) is 82.4 cm³/mol. The molecule has 2 heterocycles. The highest BCUT2D eigenvalue weighted by atomic mass is 32.2. The van der Waals surface area contributed by atoms with Crippen LogP contribution in [-0.2, 0) is 9.84 Å². The molecule has 1 N–H and O–H groups in total. The molecule has 2 aromatic heterocycles. The van der Waals surface area contributed by atoms with Gasteiger partial charge in [0.25, 0.3) is 0 Å². The maximum atomic E-state index is 11.4. The summed E-state index contributed by atoms with van der Waals surface area (Å²) in [4.78, 5) is 8.69. The molecule has 0 aliphatic heterocycles. The first-order valence-corrected chi connectivity index (χ1v) is 8.18. The molecule has 0 spiro atoms. The number of sulfone groups is 1. The van der Waals surface area contributed by atoms with Crippen molar-refractivity contribution in [3.8, 4) is 0 Å². The van der Waals surface area contributed by atoms with Crippen LogP contribution in [0.3, 0.4) is 0 Å². The maximum absolute atomic E-state index is 11.4. The second-order valence-electron chi connectivity index (χ2n) is 4.71. The molecule has 0 unspecified atom stereocenters. The van der Waals surface area contributed by atoms with Gasteiger partial charge in [0.1, 0.15) is 5.82 Å². The van der Waals surface area contributed by atoms with Crippen molar-refractivity contribution in [3.05, 3.63) is 55.0 Å². The number of nitrogens with zero attached hydrogens (tertiary/aromatic N) is 2. The van der Waals surface area contributed by atoms with E-state index in [0.29, 0.717) is 10.7 Å². The van der Waals surface area contributed by atoms with Crippen LogP contribution >= 0.6 is 0 Å². The van der Waals surface area contributed by atoms with E-state index in [0.717, 1.165) is 16.5 Å². The highest BCUT2D eigenvalue weighted by Crippen LogP contribution is 2.20. The zero-order valence-electron chi connectivity index (χ0n) is 11.3. The summed E-state index contributed by atoms with van der Waals surface area (Å²) < 4.78 is 22.8. The quantitative estimate of drug-likeness (QED) is 0.805. The van der Waals surface area contributed by atoms with E-state index < -0.39 is 9.84 Å². The second kappa shape index (κ2) is 5.14. The van der Waals surface area contributed by atoms with Crippen molar-refractivity contribution in [2.75, 3.05) is 11.6 Å². The third kappa shape index (κ3) is 3.00. The first-order valence-electron chi connectivity index (χ1n) is 6.29. The Hall–Kier alpha value is -2.47. The lowest BCUT2D eigenvalue weighted by Gasteiger charge is -2.07. The first-order chi connectivity index (χ1) is 10.0. The molecule has 0 radical (unpaired) electrons. The van der Waals surface area contributed by atoms with Gasteiger partial charge in [0.15, 0.2) is 9.84 Å². The molecule has 0 saturated carbocycles. The topological polar surface area (TPSA) is 72.0 Å². The molecule has 6 heteroatoms. The number of rotatable bonds is 3. The number of pyridine rings is 2. The monoisotopic (exact) mass is 299 g/mol. The van der Waals surface area contributed by atoms with Crippen LogP contribution in [0.5, 0.6) is 0 Å². The lowest BCUT2D eigenvalue weighted by atomic mass is 10.2. The van der Waals surface area contributed by atoms with Gasteiger partial charge in [-0.05, 0) is 36.4 Å². The minimum atomic E-state index is -3.17. The number of hydrogen-bond donors (Lipinski definition) is 1. The standard InChI is InChI=1S/C15H13N3O2S/c1-21(19,20)14-4-2-13(3-5-14)18-15-8-12-9-16-7-6-11(12)10-17-15/h2-10H,1H3,(H,17,18). The van der Waals surface area contributed by atoms with Crippen LogP contribution in [0.15, 0.2) is 59.9 Å². The largest absolute Gasteiger partial charge is 0.340 e. The molecule has 0 aliphatic carbocycles. The lowest BCUT2D eigenvalue weighted by molar-refractivity contribution is 0.602. The molecule has 0 aliphatic rings. The van der Waals surface area contributed by atoms with Gasteiger partial charge in [-0.15, -0.1) is 0 Å². The molecule has 21 heavy (non-hydrogen) atoms. The third-order valence-corrected chi connectivity index (χ3v) is 4.21. The number of aromatic nitrogens is 2. The van der Waals surface area contributed by atoms with Crippen molar-refractivity contribution in [3.63, 3.8) is 0 Å². The average molecular weight is 299 g/mol. The van der Waals surface area contributed by atoms with Crippen LogP contribution in [0.2, 0.25) is 0 Å². The van der Waals surface area contributed by atoms with Crippen LogP contribution in [0.25, 0.3) is 10.8 Å². The maximum Gasteiger partial charge on any atom is 0.175 e. The Morgan fingerprint density at radius 1 is 1.00 bits per heavy atom. The Morgan fingerprint density at radius 2 is 1.76 bits per heavy atom. The second-order valence-corrected chi connectivity index (χ2v) is 6.73. The van der Waals surface area contributed by atoms with E-state index in [1.165, 1.54) is 6.26 Å². The van der Waals surface area contributed by atoms with E-state index >= 15 is 0 Å². The predicted octanol–water partition coefficient (Wildman–Crippen LogP) is 2.78. The number of fused-ring (bicyclic) bond motifs is 1. The summed E-state index contributed by atoms with van der Waals surface area (Å²) in [7, 11) is -3.17. The van der Waals surface area contributed by atoms with E-state index in [9.17, 15) is 8.42 Å². The fourth-order valence-electron chi connectivity index (χ4n) is 1.98. The van der Waals surface area contributed by atoms with Crippen molar-refractivity contribution in [1.29, 1.82) is 0 Å². The molecule has 1 aromatic carbocycles. The first kappa shape index (κ1) is 13.5. The van der Waals surface area contributed by atoms with Gasteiger partial charge in [-0.3, -0.25) is 4.98 Å². The minimum Gasteiger partial charge on any atom is -0.340 e. The summed E-state index contributed by atoms with van der Waals surface area (Å²) >= 11 is 0. The van der Waals surface area contributed by atoms with Gasteiger partial charge < -0.3 is 5.32 Å². The van der Waals surface area contributed by atoms with Gasteiger partial charge >= 0.3 is 0 Å². The third-order valence-electron chi connectivity index (χ3n) is 3.08. The average Bonchev–Trinajstić information content (AvgIpc) is 2.47. The summed E-state index contributed by atoms with van der Waals surface area (Å²) in [6.07, 6.45) is 6.45. The Bertz CT molecular complexity index is 890. The van der Waals surface area contributed by atoms with Gasteiger partial charge in [0.05, 0.1) is 4.90 Å². The lowest BCUT2D eigenvalue weighted by Crippen LogP contribution is -1.98. The van der Waals surface area contributed by atoms with E-state index in [1.54, 1.807) is 42.9 Å². The number of benzene rings is 1. The van der Waals surface area contributed by atoms with Gasteiger partial charge in [0.2, 0.25) is 0 Å². The molecule has 0 fully saturated rings. The van der Waals surface area contributed by atoms with Crippen molar-refractivity contribution in [2.24, 2.45) is 0 Å². The van der Waals surface area contributed by atoms with Gasteiger partial charge in [0, 0.05) is 41.3 Å². The SMILES string of the molecule is CS(=O)(=O)c1ccc(Nc2cc3cnccc3cn2)cc1. The minimum absolute atomic E-state index is 0.295. The summed E-state index contributed by atoms with van der Waals surface area (Å²) in [5.74, 6) is 0.683. The van der Waals surface area contributed by atoms with Crippen LogP contribution < -0.4 is 5.32 Å². The van der Waals surface area contributed by atoms with Crippen molar-refractivity contribution in [1.82, 2.24) is 9.97 Å².